The highest BCUT2D eigenvalue weighted by Gasteiger charge is 2.39. The Balaban J connectivity index is -0.000000130. The van der Waals surface area contributed by atoms with E-state index in [2.05, 4.69) is 13.2 Å². The fraction of sp³-hybridized carbons (Fsp3) is 0.760. The molecule has 36 heavy (non-hydrogen) atoms. The number of esters is 2. The minimum atomic E-state index is -2.48. The summed E-state index contributed by atoms with van der Waals surface area (Å²) >= 11 is 0. The van der Waals surface area contributed by atoms with Crippen LogP contribution >= 0.6 is 0 Å². The Hall–Kier alpha value is -0.832. The van der Waals surface area contributed by atoms with Gasteiger partial charge in [0.2, 0.25) is 16.6 Å². The third-order valence-electron chi connectivity index (χ3n) is 3.26. The van der Waals surface area contributed by atoms with Gasteiger partial charge in [-0.25, -0.2) is 9.59 Å². The number of hydrogen-bond acceptors (Lipinski definition) is 7. The molecule has 11 heteroatoms. The molecular formula is C25H68O7Si4. The molecule has 0 aromatic heterocycles. The van der Waals surface area contributed by atoms with Gasteiger partial charge in [-0.1, -0.05) is 72.6 Å². The molecule has 0 N–H and O–H groups in total. The summed E-state index contributed by atoms with van der Waals surface area (Å²) in [6.07, 6.45) is 0.492. The maximum Gasteiger partial charge on any atom is 0.332 e. The Kier molecular flexibility index (Phi) is 40.8. The molecule has 0 saturated carbocycles. The van der Waals surface area contributed by atoms with Gasteiger partial charge in [0.1, 0.15) is 12.5 Å². The molecule has 0 aliphatic carbocycles. The first-order valence-electron chi connectivity index (χ1n) is 9.17. The normalized spacial score (nSPS) is 10.6. The van der Waals surface area contributed by atoms with Gasteiger partial charge >= 0.3 is 20.5 Å². The number of carbonyl (C=O) groups excluding carboxylic acids is 2. The van der Waals surface area contributed by atoms with Crippen LogP contribution in [0, 0.1) is 0 Å². The van der Waals surface area contributed by atoms with Gasteiger partial charge in [0, 0.05) is 11.1 Å². The average Bonchev–Trinajstić information content (AvgIpc) is 2.47. The standard InChI is InChI=1S/C17H36O7Si4.8CH4/c1-14(2)16(18)20-12-26(6,7)22-25(5)23-28(10,11)24-27(8,9)13-21-17(19)15(3)4;;;;;;;;/h25H,1,3,12-13H2,2,4-11H3;8*1H4. The molecule has 1 unspecified atom stereocenters. The fourth-order valence-electron chi connectivity index (χ4n) is 2.35. The van der Waals surface area contributed by atoms with Gasteiger partial charge in [-0.05, 0) is 59.7 Å². The molecule has 0 fully saturated rings. The van der Waals surface area contributed by atoms with Crippen molar-refractivity contribution < 1.29 is 31.4 Å². The Morgan fingerprint density at radius 3 is 1.25 bits per heavy atom. The second-order valence-electron chi connectivity index (χ2n) is 8.54. The number of ether oxygens (including phenoxy) is 2. The average molecular weight is 593 g/mol. The summed E-state index contributed by atoms with van der Waals surface area (Å²) < 4.78 is 29.2. The molecular weight excluding hydrogens is 525 g/mol. The highest BCUT2D eigenvalue weighted by molar-refractivity contribution is 6.85. The Morgan fingerprint density at radius 2 is 0.944 bits per heavy atom. The van der Waals surface area contributed by atoms with Gasteiger partial charge in [0.15, 0.2) is 0 Å². The van der Waals surface area contributed by atoms with E-state index in [-0.39, 0.29) is 71.9 Å². The summed E-state index contributed by atoms with van der Waals surface area (Å²) in [5.41, 5.74) is 0.736. The predicted octanol–water partition coefficient (Wildman–Crippen LogP) is 8.40. The van der Waals surface area contributed by atoms with Crippen molar-refractivity contribution in [3.05, 3.63) is 24.3 Å². The molecule has 0 aliphatic rings. The Morgan fingerprint density at radius 1 is 0.639 bits per heavy atom. The molecule has 0 rings (SSSR count). The largest absolute Gasteiger partial charge is 0.463 e. The van der Waals surface area contributed by atoms with Crippen molar-refractivity contribution in [2.75, 3.05) is 12.5 Å². The topological polar surface area (TPSA) is 80.3 Å². The van der Waals surface area contributed by atoms with Crippen molar-refractivity contribution in [2.24, 2.45) is 0 Å². The molecule has 0 aromatic carbocycles. The first-order valence-corrected chi connectivity index (χ1v) is 20.3. The van der Waals surface area contributed by atoms with Crippen LogP contribution in [-0.2, 0) is 31.4 Å². The number of carbonyl (C=O) groups is 2. The van der Waals surface area contributed by atoms with Gasteiger partial charge in [-0.3, -0.25) is 0 Å². The summed E-state index contributed by atoms with van der Waals surface area (Å²) in [6.45, 7) is 24.2. The van der Waals surface area contributed by atoms with Crippen LogP contribution in [-0.4, -0.2) is 58.9 Å². The summed E-state index contributed by atoms with van der Waals surface area (Å²) in [6, 6.07) is 0. The lowest BCUT2D eigenvalue weighted by Gasteiger charge is -2.36. The van der Waals surface area contributed by atoms with Crippen LogP contribution < -0.4 is 0 Å². The van der Waals surface area contributed by atoms with Crippen molar-refractivity contribution in [3.63, 3.8) is 0 Å². The quantitative estimate of drug-likeness (QED) is 0.128. The summed E-state index contributed by atoms with van der Waals surface area (Å²) in [5.74, 6) is -0.817. The van der Waals surface area contributed by atoms with Gasteiger partial charge in [-0.15, -0.1) is 0 Å². The van der Waals surface area contributed by atoms with E-state index in [4.69, 9.17) is 21.8 Å². The van der Waals surface area contributed by atoms with E-state index in [1.807, 2.05) is 45.8 Å². The SMILES string of the molecule is C.C.C.C.C.C.C.C.C=C(C)C(=O)OC[Si](C)(C)O[SiH](C)O[Si](C)(C)O[Si](C)(C)COC(=O)C(=C)C. The lowest BCUT2D eigenvalue weighted by Crippen LogP contribution is -2.53. The van der Waals surface area contributed by atoms with Crippen molar-refractivity contribution in [1.82, 2.24) is 0 Å². The minimum Gasteiger partial charge on any atom is -0.463 e. The number of rotatable bonds is 12. The smallest absolute Gasteiger partial charge is 0.332 e. The van der Waals surface area contributed by atoms with E-state index >= 15 is 0 Å². The third kappa shape index (κ3) is 27.8. The summed E-state index contributed by atoms with van der Waals surface area (Å²) in [5, 5.41) is 0. The molecule has 0 bridgehead atoms. The molecule has 0 aliphatic heterocycles. The van der Waals surface area contributed by atoms with Crippen molar-refractivity contribution in [1.29, 1.82) is 0 Å². The van der Waals surface area contributed by atoms with Crippen molar-refractivity contribution in [3.8, 4) is 0 Å². The van der Waals surface area contributed by atoms with Gasteiger partial charge < -0.3 is 21.8 Å². The lowest BCUT2D eigenvalue weighted by atomic mass is 10.4. The molecule has 7 nitrogen and oxygen atoms in total. The van der Waals surface area contributed by atoms with Crippen LogP contribution in [0.25, 0.3) is 0 Å². The first kappa shape index (κ1) is 60.0. The Labute approximate surface area is 233 Å². The van der Waals surface area contributed by atoms with Crippen LogP contribution in [0.4, 0.5) is 0 Å². The lowest BCUT2D eigenvalue weighted by molar-refractivity contribution is -0.138. The molecule has 0 spiro atoms. The van der Waals surface area contributed by atoms with Gasteiger partial charge in [0.05, 0.1) is 0 Å². The molecule has 0 amide bonds. The molecule has 0 radical (unpaired) electrons. The third-order valence-corrected chi connectivity index (χ3v) is 16.6. The second-order valence-corrected chi connectivity index (χ2v) is 22.8. The summed E-state index contributed by atoms with van der Waals surface area (Å²) in [4.78, 5) is 23.2. The fourth-order valence-corrected chi connectivity index (χ4v) is 17.2. The van der Waals surface area contributed by atoms with Crippen molar-refractivity contribution >= 4 is 46.4 Å². The van der Waals surface area contributed by atoms with E-state index in [0.29, 0.717) is 11.1 Å². The van der Waals surface area contributed by atoms with Crippen LogP contribution in [0.1, 0.15) is 73.3 Å². The zero-order valence-corrected chi connectivity index (χ0v) is 22.9. The van der Waals surface area contributed by atoms with E-state index in [9.17, 15) is 9.59 Å². The van der Waals surface area contributed by atoms with Crippen molar-refractivity contribution in [2.45, 2.75) is 119 Å². The maximum absolute atomic E-state index is 11.6. The summed E-state index contributed by atoms with van der Waals surface area (Å²) in [7, 11) is -8.97. The molecule has 0 saturated heterocycles. The monoisotopic (exact) mass is 592 g/mol. The molecule has 226 valence electrons. The van der Waals surface area contributed by atoms with E-state index in [0.717, 1.165) is 0 Å². The second kappa shape index (κ2) is 24.5. The van der Waals surface area contributed by atoms with Gasteiger partial charge in [0.25, 0.3) is 9.28 Å². The molecule has 1 atom stereocenters. The zero-order valence-electron chi connectivity index (χ0n) is 18.8. The van der Waals surface area contributed by atoms with Crippen LogP contribution in [0.15, 0.2) is 24.3 Å². The maximum atomic E-state index is 11.6. The number of hydrogen-bond donors (Lipinski definition) is 0. The van der Waals surface area contributed by atoms with Crippen LogP contribution in [0.3, 0.4) is 0 Å². The minimum absolute atomic E-state index is 0. The highest BCUT2D eigenvalue weighted by atomic mass is 28.5. The zero-order chi connectivity index (χ0) is 22.3. The van der Waals surface area contributed by atoms with Crippen LogP contribution in [0.5, 0.6) is 0 Å². The van der Waals surface area contributed by atoms with E-state index in [1.54, 1.807) is 13.8 Å². The molecule has 0 heterocycles. The van der Waals surface area contributed by atoms with Gasteiger partial charge in [-0.2, -0.15) is 0 Å². The predicted molar refractivity (Wildman–Crippen MR) is 174 cm³/mol. The van der Waals surface area contributed by atoms with E-state index < -0.39 is 46.4 Å². The highest BCUT2D eigenvalue weighted by Crippen LogP contribution is 2.19. The van der Waals surface area contributed by atoms with Crippen LogP contribution in [0.2, 0.25) is 45.8 Å². The first-order chi connectivity index (χ1) is 12.5. The molecule has 0 aromatic rings. The Bertz CT molecular complexity index is 607. The van der Waals surface area contributed by atoms with E-state index in [1.165, 1.54) is 0 Å².